The highest BCUT2D eigenvalue weighted by Crippen LogP contribution is 2.20. The number of halogens is 1. The minimum absolute atomic E-state index is 0. The molecule has 0 N–H and O–H groups in total. The largest absolute Gasteiger partial charge is 0.497 e. The van der Waals surface area contributed by atoms with Gasteiger partial charge < -0.3 is 4.74 Å². The summed E-state index contributed by atoms with van der Waals surface area (Å²) < 4.78 is 32.1. The SMILES string of the molecule is COc1ccc(S(=O)(=O)N2CCN(C/C=C/c3ccccc3)CC2)cc1.Cl. The summed E-state index contributed by atoms with van der Waals surface area (Å²) in [7, 11) is -1.88. The smallest absolute Gasteiger partial charge is 0.243 e. The lowest BCUT2D eigenvalue weighted by Crippen LogP contribution is -2.48. The lowest BCUT2D eigenvalue weighted by atomic mass is 10.2. The summed E-state index contributed by atoms with van der Waals surface area (Å²) >= 11 is 0. The molecule has 0 amide bonds. The summed E-state index contributed by atoms with van der Waals surface area (Å²) in [5.41, 5.74) is 1.17. The fourth-order valence-electron chi connectivity index (χ4n) is 2.95. The van der Waals surface area contributed by atoms with E-state index in [4.69, 9.17) is 4.74 Å². The molecule has 2 aromatic carbocycles. The maximum Gasteiger partial charge on any atom is 0.243 e. The second-order valence-electron chi connectivity index (χ2n) is 6.19. The van der Waals surface area contributed by atoms with E-state index in [0.29, 0.717) is 23.7 Å². The number of benzene rings is 2. The van der Waals surface area contributed by atoms with E-state index in [0.717, 1.165) is 19.6 Å². The standard InChI is InChI=1S/C20H24N2O3S.ClH/c1-25-19-9-11-20(12-10-19)26(23,24)22-16-14-21(15-17-22)13-5-8-18-6-3-2-4-7-18;/h2-12H,13-17H2,1H3;1H/b8-5+;. The predicted molar refractivity (Wildman–Crippen MR) is 111 cm³/mol. The van der Waals surface area contributed by atoms with Crippen LogP contribution in [0.2, 0.25) is 0 Å². The van der Waals surface area contributed by atoms with Gasteiger partial charge in [0.1, 0.15) is 5.75 Å². The van der Waals surface area contributed by atoms with E-state index in [1.54, 1.807) is 35.7 Å². The molecule has 0 radical (unpaired) electrons. The van der Waals surface area contributed by atoms with Gasteiger partial charge in [-0.1, -0.05) is 42.5 Å². The lowest BCUT2D eigenvalue weighted by Gasteiger charge is -2.33. The minimum atomic E-state index is -3.44. The first kappa shape index (κ1) is 21.4. The van der Waals surface area contributed by atoms with Crippen molar-refractivity contribution in [3.63, 3.8) is 0 Å². The Morgan fingerprint density at radius 2 is 1.59 bits per heavy atom. The van der Waals surface area contributed by atoms with Crippen molar-refractivity contribution in [2.45, 2.75) is 4.90 Å². The van der Waals surface area contributed by atoms with E-state index in [1.165, 1.54) is 5.56 Å². The molecule has 0 spiro atoms. The Bertz CT molecular complexity index is 831. The summed E-state index contributed by atoms with van der Waals surface area (Å²) in [5, 5.41) is 0. The molecule has 1 fully saturated rings. The van der Waals surface area contributed by atoms with Gasteiger partial charge in [-0.2, -0.15) is 4.31 Å². The van der Waals surface area contributed by atoms with Crippen molar-refractivity contribution in [1.29, 1.82) is 0 Å². The van der Waals surface area contributed by atoms with Gasteiger partial charge in [0.15, 0.2) is 0 Å². The zero-order chi connectivity index (χ0) is 18.4. The predicted octanol–water partition coefficient (Wildman–Crippen LogP) is 3.14. The molecule has 27 heavy (non-hydrogen) atoms. The fourth-order valence-corrected chi connectivity index (χ4v) is 4.37. The summed E-state index contributed by atoms with van der Waals surface area (Å²) in [4.78, 5) is 2.58. The van der Waals surface area contributed by atoms with E-state index in [9.17, 15) is 8.42 Å². The highest BCUT2D eigenvalue weighted by Gasteiger charge is 2.28. The number of nitrogens with zero attached hydrogens (tertiary/aromatic N) is 2. The Balaban J connectivity index is 0.00000261. The van der Waals surface area contributed by atoms with Crippen LogP contribution in [-0.4, -0.2) is 57.5 Å². The van der Waals surface area contributed by atoms with Crippen molar-refractivity contribution < 1.29 is 13.2 Å². The van der Waals surface area contributed by atoms with Crippen LogP contribution >= 0.6 is 12.4 Å². The van der Waals surface area contributed by atoms with E-state index in [2.05, 4.69) is 29.2 Å². The van der Waals surface area contributed by atoms with Gasteiger partial charge in [0.05, 0.1) is 12.0 Å². The maximum atomic E-state index is 12.7. The van der Waals surface area contributed by atoms with Gasteiger partial charge in [0, 0.05) is 32.7 Å². The molecule has 0 unspecified atom stereocenters. The maximum absolute atomic E-state index is 12.7. The fraction of sp³-hybridized carbons (Fsp3) is 0.300. The van der Waals surface area contributed by atoms with Crippen LogP contribution in [0.25, 0.3) is 6.08 Å². The topological polar surface area (TPSA) is 49.9 Å². The summed E-state index contributed by atoms with van der Waals surface area (Å²) in [6.45, 7) is 3.30. The van der Waals surface area contributed by atoms with Crippen LogP contribution in [0.1, 0.15) is 5.56 Å². The molecule has 0 atom stereocenters. The van der Waals surface area contributed by atoms with Crippen molar-refractivity contribution in [2.75, 3.05) is 39.8 Å². The summed E-state index contributed by atoms with van der Waals surface area (Å²) in [6.07, 6.45) is 4.23. The van der Waals surface area contributed by atoms with Gasteiger partial charge in [-0.25, -0.2) is 8.42 Å². The number of piperazine rings is 1. The first-order valence-electron chi connectivity index (χ1n) is 8.68. The molecule has 1 saturated heterocycles. The first-order valence-corrected chi connectivity index (χ1v) is 10.1. The molecule has 0 saturated carbocycles. The number of hydrogen-bond donors (Lipinski definition) is 0. The highest BCUT2D eigenvalue weighted by molar-refractivity contribution is 7.89. The zero-order valence-electron chi connectivity index (χ0n) is 15.3. The van der Waals surface area contributed by atoms with Crippen LogP contribution in [0.15, 0.2) is 65.6 Å². The average molecular weight is 409 g/mol. The Kier molecular flexibility index (Phi) is 7.86. The Morgan fingerprint density at radius 3 is 2.19 bits per heavy atom. The molecule has 0 bridgehead atoms. The average Bonchev–Trinajstić information content (AvgIpc) is 2.69. The van der Waals surface area contributed by atoms with Crippen LogP contribution in [0.3, 0.4) is 0 Å². The van der Waals surface area contributed by atoms with E-state index < -0.39 is 10.0 Å². The van der Waals surface area contributed by atoms with E-state index in [-0.39, 0.29) is 12.4 Å². The van der Waals surface area contributed by atoms with Gasteiger partial charge >= 0.3 is 0 Å². The molecule has 1 aliphatic heterocycles. The normalized spacial score (nSPS) is 16.2. The molecule has 7 heteroatoms. The number of rotatable bonds is 6. The first-order chi connectivity index (χ1) is 12.6. The lowest BCUT2D eigenvalue weighted by molar-refractivity contribution is 0.204. The quantitative estimate of drug-likeness (QED) is 0.736. The second-order valence-corrected chi connectivity index (χ2v) is 8.13. The number of hydrogen-bond acceptors (Lipinski definition) is 4. The molecule has 1 heterocycles. The van der Waals surface area contributed by atoms with Crippen LogP contribution < -0.4 is 4.74 Å². The van der Waals surface area contributed by atoms with Crippen molar-refractivity contribution in [1.82, 2.24) is 9.21 Å². The van der Waals surface area contributed by atoms with Gasteiger partial charge in [0.2, 0.25) is 10.0 Å². The molecular formula is C20H25ClN2O3S. The molecule has 0 aromatic heterocycles. The van der Waals surface area contributed by atoms with Gasteiger partial charge in [-0.3, -0.25) is 4.90 Å². The monoisotopic (exact) mass is 408 g/mol. The van der Waals surface area contributed by atoms with Crippen molar-refractivity contribution in [3.8, 4) is 5.75 Å². The van der Waals surface area contributed by atoms with E-state index >= 15 is 0 Å². The van der Waals surface area contributed by atoms with Crippen molar-refractivity contribution in [2.24, 2.45) is 0 Å². The van der Waals surface area contributed by atoms with Crippen molar-refractivity contribution >= 4 is 28.5 Å². The van der Waals surface area contributed by atoms with Crippen LogP contribution in [0, 0.1) is 0 Å². The molecule has 2 aromatic rings. The number of sulfonamides is 1. The number of ether oxygens (including phenoxy) is 1. The molecule has 146 valence electrons. The molecule has 0 aliphatic carbocycles. The zero-order valence-corrected chi connectivity index (χ0v) is 17.0. The molecular weight excluding hydrogens is 384 g/mol. The third kappa shape index (κ3) is 5.56. The highest BCUT2D eigenvalue weighted by atomic mass is 35.5. The Morgan fingerprint density at radius 1 is 0.963 bits per heavy atom. The van der Waals surface area contributed by atoms with Crippen LogP contribution in [0.5, 0.6) is 5.75 Å². The minimum Gasteiger partial charge on any atom is -0.497 e. The van der Waals surface area contributed by atoms with Gasteiger partial charge in [0.25, 0.3) is 0 Å². The third-order valence-electron chi connectivity index (χ3n) is 4.50. The molecule has 1 aliphatic rings. The van der Waals surface area contributed by atoms with Crippen LogP contribution in [0.4, 0.5) is 0 Å². The number of methoxy groups -OCH3 is 1. The van der Waals surface area contributed by atoms with Gasteiger partial charge in [-0.15, -0.1) is 12.4 Å². The van der Waals surface area contributed by atoms with E-state index in [1.807, 2.05) is 18.2 Å². The third-order valence-corrected chi connectivity index (χ3v) is 6.41. The summed E-state index contributed by atoms with van der Waals surface area (Å²) in [6, 6.07) is 16.7. The van der Waals surface area contributed by atoms with Gasteiger partial charge in [-0.05, 0) is 29.8 Å². The second kappa shape index (κ2) is 9.90. The van der Waals surface area contributed by atoms with Crippen molar-refractivity contribution in [3.05, 3.63) is 66.2 Å². The Labute approximate surface area is 167 Å². The molecule has 3 rings (SSSR count). The Hall–Kier alpha value is -1.86. The molecule has 5 nitrogen and oxygen atoms in total. The summed E-state index contributed by atoms with van der Waals surface area (Å²) in [5.74, 6) is 0.652. The van der Waals surface area contributed by atoms with Crippen LogP contribution in [-0.2, 0) is 10.0 Å².